The number of fused-ring (bicyclic) bond motifs is 1. The third kappa shape index (κ3) is 2.65. The Morgan fingerprint density at radius 3 is 2.31 bits per heavy atom. The van der Waals surface area contributed by atoms with E-state index in [1.165, 1.54) is 5.56 Å². The Labute approximate surface area is 157 Å². The zero-order valence-corrected chi connectivity index (χ0v) is 15.2. The number of nitrogens with zero attached hydrogens (tertiary/aromatic N) is 3. The molecule has 0 saturated carbocycles. The van der Waals surface area contributed by atoms with Crippen LogP contribution in [0.2, 0.25) is 5.02 Å². The number of nitriles is 1. The van der Waals surface area contributed by atoms with Crippen LogP contribution < -0.4 is 0 Å². The average Bonchev–Trinajstić information content (AvgIpc) is 2.96. The van der Waals surface area contributed by atoms with Crippen molar-refractivity contribution in [2.75, 3.05) is 0 Å². The van der Waals surface area contributed by atoms with E-state index in [2.05, 4.69) is 37.3 Å². The van der Waals surface area contributed by atoms with Crippen LogP contribution in [-0.2, 0) is 7.05 Å². The highest BCUT2D eigenvalue weighted by molar-refractivity contribution is 6.37. The lowest BCUT2D eigenvalue weighted by molar-refractivity contribution is 0.965. The summed E-state index contributed by atoms with van der Waals surface area (Å²) in [4.78, 5) is 4.76. The second-order valence-corrected chi connectivity index (χ2v) is 6.79. The number of halogens is 1. The predicted molar refractivity (Wildman–Crippen MR) is 106 cm³/mol. The highest BCUT2D eigenvalue weighted by Crippen LogP contribution is 2.40. The van der Waals surface area contributed by atoms with Crippen molar-refractivity contribution in [1.29, 1.82) is 5.26 Å². The molecule has 0 N–H and O–H groups in total. The van der Waals surface area contributed by atoms with Gasteiger partial charge in [-0.25, -0.2) is 0 Å². The van der Waals surface area contributed by atoms with Gasteiger partial charge in [-0.1, -0.05) is 53.6 Å². The fourth-order valence-corrected chi connectivity index (χ4v) is 3.58. The van der Waals surface area contributed by atoms with Gasteiger partial charge in [-0.3, -0.25) is 4.98 Å². The summed E-state index contributed by atoms with van der Waals surface area (Å²) >= 11 is 6.58. The molecule has 2 aromatic carbocycles. The maximum absolute atomic E-state index is 9.09. The number of aromatic nitrogens is 2. The Bertz CT molecular complexity index is 1150. The summed E-state index contributed by atoms with van der Waals surface area (Å²) in [5, 5.41) is 10.8. The maximum Gasteiger partial charge on any atom is 0.0991 e. The van der Waals surface area contributed by atoms with E-state index < -0.39 is 0 Å². The van der Waals surface area contributed by atoms with Crippen molar-refractivity contribution in [1.82, 2.24) is 9.55 Å². The third-order valence-corrected chi connectivity index (χ3v) is 4.90. The van der Waals surface area contributed by atoms with Crippen LogP contribution in [0.1, 0.15) is 11.1 Å². The summed E-state index contributed by atoms with van der Waals surface area (Å²) in [6, 6.07) is 18.0. The summed E-state index contributed by atoms with van der Waals surface area (Å²) in [6.07, 6.45) is 3.77. The SMILES string of the molecule is Cc1ccc(-c2ncc3c(c(Cl)cn3C)c2-c2ccc(C#N)cc2)cc1. The number of pyridine rings is 1. The molecule has 0 unspecified atom stereocenters. The number of hydrogen-bond donors (Lipinski definition) is 0. The molecule has 0 spiro atoms. The highest BCUT2D eigenvalue weighted by atomic mass is 35.5. The van der Waals surface area contributed by atoms with E-state index in [0.29, 0.717) is 10.6 Å². The van der Waals surface area contributed by atoms with Crippen molar-refractivity contribution < 1.29 is 0 Å². The van der Waals surface area contributed by atoms with Crippen molar-refractivity contribution in [2.24, 2.45) is 7.05 Å². The molecule has 126 valence electrons. The zero-order valence-electron chi connectivity index (χ0n) is 14.5. The molecule has 4 aromatic rings. The minimum Gasteiger partial charge on any atom is -0.348 e. The van der Waals surface area contributed by atoms with Gasteiger partial charge in [0, 0.05) is 29.8 Å². The predicted octanol–water partition coefficient (Wildman–Crippen LogP) is 5.74. The molecule has 0 aliphatic rings. The van der Waals surface area contributed by atoms with Gasteiger partial charge in [0.1, 0.15) is 0 Å². The lowest BCUT2D eigenvalue weighted by Gasteiger charge is -2.12. The molecule has 3 nitrogen and oxygen atoms in total. The molecule has 0 saturated heterocycles. The average molecular weight is 358 g/mol. The van der Waals surface area contributed by atoms with Crippen LogP contribution in [-0.4, -0.2) is 9.55 Å². The molecule has 0 fully saturated rings. The molecule has 0 atom stereocenters. The van der Waals surface area contributed by atoms with Crippen LogP contribution in [0.25, 0.3) is 33.3 Å². The van der Waals surface area contributed by atoms with Gasteiger partial charge >= 0.3 is 0 Å². The fourth-order valence-electron chi connectivity index (χ4n) is 3.24. The fraction of sp³-hybridized carbons (Fsp3) is 0.0909. The quantitative estimate of drug-likeness (QED) is 0.459. The van der Waals surface area contributed by atoms with Gasteiger partial charge < -0.3 is 4.57 Å². The largest absolute Gasteiger partial charge is 0.348 e. The Kier molecular flexibility index (Phi) is 3.99. The molecule has 4 rings (SSSR count). The first-order valence-electron chi connectivity index (χ1n) is 8.29. The molecular weight excluding hydrogens is 342 g/mol. The molecule has 26 heavy (non-hydrogen) atoms. The monoisotopic (exact) mass is 357 g/mol. The van der Waals surface area contributed by atoms with E-state index >= 15 is 0 Å². The summed E-state index contributed by atoms with van der Waals surface area (Å²) in [6.45, 7) is 2.07. The lowest BCUT2D eigenvalue weighted by atomic mass is 9.95. The van der Waals surface area contributed by atoms with Gasteiger partial charge in [-0.05, 0) is 24.6 Å². The van der Waals surface area contributed by atoms with E-state index in [4.69, 9.17) is 21.8 Å². The maximum atomic E-state index is 9.09. The normalized spacial score (nSPS) is 10.8. The van der Waals surface area contributed by atoms with Crippen LogP contribution in [0.5, 0.6) is 0 Å². The molecule has 0 aliphatic carbocycles. The molecule has 0 aliphatic heterocycles. The lowest BCUT2D eigenvalue weighted by Crippen LogP contribution is -1.93. The summed E-state index contributed by atoms with van der Waals surface area (Å²) in [5.74, 6) is 0. The molecular formula is C22H16ClN3. The molecule has 0 bridgehead atoms. The van der Waals surface area contributed by atoms with Crippen molar-refractivity contribution in [3.05, 3.63) is 77.1 Å². The second kappa shape index (κ2) is 6.33. The van der Waals surface area contributed by atoms with E-state index in [0.717, 1.165) is 33.3 Å². The topological polar surface area (TPSA) is 41.6 Å². The molecule has 2 aromatic heterocycles. The van der Waals surface area contributed by atoms with Crippen LogP contribution in [0, 0.1) is 18.3 Å². The van der Waals surface area contributed by atoms with E-state index in [1.54, 1.807) is 0 Å². The van der Waals surface area contributed by atoms with Gasteiger partial charge in [-0.2, -0.15) is 5.26 Å². The zero-order chi connectivity index (χ0) is 18.3. The summed E-state index contributed by atoms with van der Waals surface area (Å²) in [7, 11) is 1.96. The molecule has 0 radical (unpaired) electrons. The van der Waals surface area contributed by atoms with E-state index in [1.807, 2.05) is 48.3 Å². The Morgan fingerprint density at radius 1 is 1.00 bits per heavy atom. The Morgan fingerprint density at radius 2 is 1.65 bits per heavy atom. The Balaban J connectivity index is 2.07. The van der Waals surface area contributed by atoms with Crippen molar-refractivity contribution in [2.45, 2.75) is 6.92 Å². The second-order valence-electron chi connectivity index (χ2n) is 6.39. The number of aryl methyl sites for hydroxylation is 2. The van der Waals surface area contributed by atoms with Gasteiger partial charge in [0.15, 0.2) is 0 Å². The third-order valence-electron chi connectivity index (χ3n) is 4.61. The Hall–Kier alpha value is -3.09. The number of rotatable bonds is 2. The first kappa shape index (κ1) is 16.4. The van der Waals surface area contributed by atoms with Crippen LogP contribution >= 0.6 is 11.6 Å². The van der Waals surface area contributed by atoms with Crippen molar-refractivity contribution in [3.8, 4) is 28.5 Å². The summed E-state index contributed by atoms with van der Waals surface area (Å²) in [5.41, 5.74) is 6.71. The minimum absolute atomic E-state index is 0.630. The molecule has 2 heterocycles. The van der Waals surface area contributed by atoms with Gasteiger partial charge in [0.2, 0.25) is 0 Å². The first-order chi connectivity index (χ1) is 12.6. The number of benzene rings is 2. The van der Waals surface area contributed by atoms with Crippen LogP contribution in [0.3, 0.4) is 0 Å². The van der Waals surface area contributed by atoms with Gasteiger partial charge in [-0.15, -0.1) is 0 Å². The standard InChI is InChI=1S/C22H16ClN3/c1-14-3-7-17(8-4-14)22-20(16-9-5-15(11-24)6-10-16)21-18(23)13-26(2)19(21)12-25-22/h3-10,12-13H,1-2H3. The smallest absolute Gasteiger partial charge is 0.0991 e. The van der Waals surface area contributed by atoms with Crippen LogP contribution in [0.4, 0.5) is 0 Å². The van der Waals surface area contributed by atoms with E-state index in [-0.39, 0.29) is 0 Å². The first-order valence-corrected chi connectivity index (χ1v) is 8.67. The molecule has 0 amide bonds. The van der Waals surface area contributed by atoms with Crippen molar-refractivity contribution in [3.63, 3.8) is 0 Å². The minimum atomic E-state index is 0.630. The summed E-state index contributed by atoms with van der Waals surface area (Å²) < 4.78 is 1.98. The highest BCUT2D eigenvalue weighted by Gasteiger charge is 2.18. The number of hydrogen-bond acceptors (Lipinski definition) is 2. The molecule has 4 heteroatoms. The van der Waals surface area contributed by atoms with Crippen molar-refractivity contribution >= 4 is 22.5 Å². The van der Waals surface area contributed by atoms with E-state index in [9.17, 15) is 0 Å². The van der Waals surface area contributed by atoms with Gasteiger partial charge in [0.05, 0.1) is 34.1 Å². The van der Waals surface area contributed by atoms with Crippen LogP contribution in [0.15, 0.2) is 60.9 Å². The van der Waals surface area contributed by atoms with Gasteiger partial charge in [0.25, 0.3) is 0 Å².